The van der Waals surface area contributed by atoms with Crippen molar-refractivity contribution in [3.63, 3.8) is 0 Å². The second kappa shape index (κ2) is 5.73. The molecular weight excluding hydrogens is 234 g/mol. The minimum atomic E-state index is -0.208. The van der Waals surface area contributed by atoms with Gasteiger partial charge in [-0.3, -0.25) is 4.79 Å². The monoisotopic (exact) mass is 251 g/mol. The van der Waals surface area contributed by atoms with Crippen molar-refractivity contribution in [2.75, 3.05) is 13.9 Å². The van der Waals surface area contributed by atoms with Gasteiger partial charge in [0.2, 0.25) is 6.79 Å². The van der Waals surface area contributed by atoms with Crippen molar-refractivity contribution < 1.29 is 19.0 Å². The topological polar surface area (TPSA) is 56.8 Å². The average molecular weight is 251 g/mol. The van der Waals surface area contributed by atoms with Crippen LogP contribution in [0.3, 0.4) is 0 Å². The van der Waals surface area contributed by atoms with Crippen molar-refractivity contribution in [2.24, 2.45) is 0 Å². The molecule has 18 heavy (non-hydrogen) atoms. The van der Waals surface area contributed by atoms with E-state index < -0.39 is 0 Å². The number of fused-ring (bicyclic) bond motifs is 1. The summed E-state index contributed by atoms with van der Waals surface area (Å²) in [4.78, 5) is 11.1. The maximum absolute atomic E-state index is 11.1. The molecule has 5 nitrogen and oxygen atoms in total. The second-order valence-corrected chi connectivity index (χ2v) is 4.25. The minimum absolute atomic E-state index is 0.0721. The van der Waals surface area contributed by atoms with Crippen molar-refractivity contribution >= 4 is 5.97 Å². The van der Waals surface area contributed by atoms with Crippen LogP contribution < -0.4 is 14.8 Å². The molecule has 5 heteroatoms. The van der Waals surface area contributed by atoms with E-state index in [9.17, 15) is 4.79 Å². The molecule has 1 aromatic rings. The normalized spacial score (nSPS) is 14.3. The number of benzene rings is 1. The van der Waals surface area contributed by atoms with Crippen LogP contribution in [0.4, 0.5) is 0 Å². The molecule has 0 amide bonds. The molecule has 0 spiro atoms. The fourth-order valence-electron chi connectivity index (χ4n) is 1.75. The van der Waals surface area contributed by atoms with Gasteiger partial charge < -0.3 is 19.5 Å². The van der Waals surface area contributed by atoms with Crippen LogP contribution in [0.15, 0.2) is 18.2 Å². The van der Waals surface area contributed by atoms with Crippen LogP contribution >= 0.6 is 0 Å². The number of rotatable bonds is 5. The fraction of sp³-hybridized carbons (Fsp3) is 0.462. The molecule has 1 aliphatic heterocycles. The van der Waals surface area contributed by atoms with Crippen LogP contribution in [-0.2, 0) is 16.1 Å². The Balaban J connectivity index is 1.85. The van der Waals surface area contributed by atoms with Crippen molar-refractivity contribution in [2.45, 2.75) is 25.9 Å². The lowest BCUT2D eigenvalue weighted by atomic mass is 10.1. The lowest BCUT2D eigenvalue weighted by Crippen LogP contribution is -2.28. The van der Waals surface area contributed by atoms with Crippen LogP contribution in [-0.4, -0.2) is 25.9 Å². The molecule has 98 valence electrons. The summed E-state index contributed by atoms with van der Waals surface area (Å²) < 4.78 is 15.2. The van der Waals surface area contributed by atoms with Crippen LogP contribution in [0.5, 0.6) is 11.5 Å². The van der Waals surface area contributed by atoms with Crippen LogP contribution in [0, 0.1) is 0 Å². The minimum Gasteiger partial charge on any atom is -0.469 e. The van der Waals surface area contributed by atoms with Crippen LogP contribution in [0.2, 0.25) is 0 Å². The van der Waals surface area contributed by atoms with E-state index in [-0.39, 0.29) is 18.8 Å². The molecule has 1 aromatic carbocycles. The summed E-state index contributed by atoms with van der Waals surface area (Å²) in [5, 5.41) is 3.26. The van der Waals surface area contributed by atoms with Gasteiger partial charge in [-0.25, -0.2) is 0 Å². The molecule has 1 unspecified atom stereocenters. The number of carbonyl (C=O) groups excluding carboxylic acids is 1. The fourth-order valence-corrected chi connectivity index (χ4v) is 1.75. The van der Waals surface area contributed by atoms with Gasteiger partial charge in [0, 0.05) is 12.6 Å². The van der Waals surface area contributed by atoms with E-state index >= 15 is 0 Å². The summed E-state index contributed by atoms with van der Waals surface area (Å²) in [7, 11) is 1.40. The lowest BCUT2D eigenvalue weighted by Gasteiger charge is -2.12. The number of ether oxygens (including phenoxy) is 3. The number of hydrogen-bond donors (Lipinski definition) is 1. The third-order valence-electron chi connectivity index (χ3n) is 2.79. The molecule has 0 bridgehead atoms. The molecule has 1 atom stereocenters. The first-order chi connectivity index (χ1) is 8.69. The summed E-state index contributed by atoms with van der Waals surface area (Å²) in [5.41, 5.74) is 1.09. The summed E-state index contributed by atoms with van der Waals surface area (Å²) in [6, 6.07) is 5.89. The van der Waals surface area contributed by atoms with E-state index in [1.807, 2.05) is 25.1 Å². The van der Waals surface area contributed by atoms with Gasteiger partial charge in [0.1, 0.15) is 0 Å². The number of esters is 1. The summed E-state index contributed by atoms with van der Waals surface area (Å²) >= 11 is 0. The van der Waals surface area contributed by atoms with Crippen LogP contribution in [0.1, 0.15) is 18.9 Å². The largest absolute Gasteiger partial charge is 0.469 e. The summed E-state index contributed by atoms with van der Waals surface area (Å²) in [6.07, 6.45) is 0.362. The van der Waals surface area contributed by atoms with Crippen LogP contribution in [0.25, 0.3) is 0 Å². The highest BCUT2D eigenvalue weighted by Crippen LogP contribution is 2.32. The maximum Gasteiger partial charge on any atom is 0.307 e. The van der Waals surface area contributed by atoms with Gasteiger partial charge >= 0.3 is 5.97 Å². The Bertz CT molecular complexity index is 433. The Morgan fingerprint density at radius 3 is 3.00 bits per heavy atom. The molecule has 1 heterocycles. The SMILES string of the molecule is COC(=O)CC(C)NCc1ccc2c(c1)OCO2. The van der Waals surface area contributed by atoms with E-state index in [1.54, 1.807) is 0 Å². The Morgan fingerprint density at radius 2 is 2.22 bits per heavy atom. The highest BCUT2D eigenvalue weighted by Gasteiger charge is 2.14. The molecule has 0 fully saturated rings. The maximum atomic E-state index is 11.1. The Kier molecular flexibility index (Phi) is 4.04. The predicted octanol–water partition coefficient (Wildman–Crippen LogP) is 1.46. The molecule has 0 saturated carbocycles. The predicted molar refractivity (Wildman–Crippen MR) is 65.5 cm³/mol. The molecule has 0 aliphatic carbocycles. The quantitative estimate of drug-likeness (QED) is 0.803. The third-order valence-corrected chi connectivity index (χ3v) is 2.79. The number of nitrogens with one attached hydrogen (secondary N) is 1. The van der Waals surface area contributed by atoms with E-state index in [0.717, 1.165) is 17.1 Å². The first-order valence-electron chi connectivity index (χ1n) is 5.88. The van der Waals surface area contributed by atoms with Gasteiger partial charge in [-0.2, -0.15) is 0 Å². The Labute approximate surface area is 106 Å². The van der Waals surface area contributed by atoms with Gasteiger partial charge in [0.25, 0.3) is 0 Å². The zero-order chi connectivity index (χ0) is 13.0. The first kappa shape index (κ1) is 12.7. The zero-order valence-corrected chi connectivity index (χ0v) is 10.6. The molecular formula is C13H17NO4. The average Bonchev–Trinajstić information content (AvgIpc) is 2.83. The number of hydrogen-bond acceptors (Lipinski definition) is 5. The first-order valence-corrected chi connectivity index (χ1v) is 5.88. The van der Waals surface area contributed by atoms with Gasteiger partial charge in [0.15, 0.2) is 11.5 Å². The lowest BCUT2D eigenvalue weighted by molar-refractivity contribution is -0.141. The van der Waals surface area contributed by atoms with Gasteiger partial charge in [0.05, 0.1) is 13.5 Å². The third kappa shape index (κ3) is 3.13. The van der Waals surface area contributed by atoms with Gasteiger partial charge in [-0.05, 0) is 24.6 Å². The Hall–Kier alpha value is -1.75. The van der Waals surface area contributed by atoms with Gasteiger partial charge in [-0.15, -0.1) is 0 Å². The number of methoxy groups -OCH3 is 1. The second-order valence-electron chi connectivity index (χ2n) is 4.25. The Morgan fingerprint density at radius 1 is 1.44 bits per heavy atom. The van der Waals surface area contributed by atoms with Crippen molar-refractivity contribution in [1.82, 2.24) is 5.32 Å². The highest BCUT2D eigenvalue weighted by atomic mass is 16.7. The van der Waals surface area contributed by atoms with Crippen molar-refractivity contribution in [3.05, 3.63) is 23.8 Å². The van der Waals surface area contributed by atoms with E-state index in [0.29, 0.717) is 13.0 Å². The van der Waals surface area contributed by atoms with E-state index in [4.69, 9.17) is 9.47 Å². The highest BCUT2D eigenvalue weighted by molar-refractivity contribution is 5.69. The standard InChI is InChI=1S/C13H17NO4/c1-9(5-13(15)16-2)14-7-10-3-4-11-12(6-10)18-8-17-11/h3-4,6,9,14H,5,7-8H2,1-2H3. The summed E-state index contributed by atoms with van der Waals surface area (Å²) in [5.74, 6) is 1.34. The molecule has 0 saturated heterocycles. The van der Waals surface area contributed by atoms with Crippen molar-refractivity contribution in [3.8, 4) is 11.5 Å². The van der Waals surface area contributed by atoms with E-state index in [1.165, 1.54) is 7.11 Å². The molecule has 0 radical (unpaired) electrons. The molecule has 1 aliphatic rings. The number of carbonyl (C=O) groups is 1. The smallest absolute Gasteiger partial charge is 0.307 e. The molecule has 0 aromatic heterocycles. The summed E-state index contributed by atoms with van der Waals surface area (Å²) in [6.45, 7) is 2.91. The molecule has 1 N–H and O–H groups in total. The van der Waals surface area contributed by atoms with E-state index in [2.05, 4.69) is 10.1 Å². The molecule has 2 rings (SSSR count). The van der Waals surface area contributed by atoms with Gasteiger partial charge in [-0.1, -0.05) is 6.07 Å². The van der Waals surface area contributed by atoms with Crippen molar-refractivity contribution in [1.29, 1.82) is 0 Å². The zero-order valence-electron chi connectivity index (χ0n) is 10.6.